The maximum atomic E-state index is 12.4. The van der Waals surface area contributed by atoms with Crippen molar-refractivity contribution in [2.45, 2.75) is 69.6 Å². The van der Waals surface area contributed by atoms with Crippen LogP contribution < -0.4 is 0 Å². The van der Waals surface area contributed by atoms with Crippen molar-refractivity contribution < 1.29 is 19.5 Å². The number of carbonyl (C=O) groups is 3. The summed E-state index contributed by atoms with van der Waals surface area (Å²) < 4.78 is 0. The smallest absolute Gasteiger partial charge is 0.335 e. The second-order valence-corrected chi connectivity index (χ2v) is 10.6. The summed E-state index contributed by atoms with van der Waals surface area (Å²) in [5.41, 5.74) is 0.261. The number of rotatable bonds is 4. The summed E-state index contributed by atoms with van der Waals surface area (Å²) >= 11 is 0. The molecule has 0 heterocycles. The molecule has 4 heteroatoms. The Bertz CT molecular complexity index is 862. The first kappa shape index (κ1) is 20.0. The Morgan fingerprint density at radius 3 is 2.47 bits per heavy atom. The second-order valence-electron chi connectivity index (χ2n) is 10.6. The van der Waals surface area contributed by atoms with Crippen molar-refractivity contribution in [1.29, 1.82) is 0 Å². The maximum absolute atomic E-state index is 12.4. The number of fused-ring (bicyclic) bond motifs is 5. The third-order valence-electron chi connectivity index (χ3n) is 9.64. The first-order chi connectivity index (χ1) is 14.5. The maximum Gasteiger partial charge on any atom is 0.335 e. The van der Waals surface area contributed by atoms with E-state index in [1.165, 1.54) is 25.5 Å². The number of benzene rings is 1. The van der Waals surface area contributed by atoms with Crippen molar-refractivity contribution in [1.82, 2.24) is 0 Å². The van der Waals surface area contributed by atoms with E-state index in [-0.39, 0.29) is 11.0 Å². The van der Waals surface area contributed by atoms with E-state index in [0.29, 0.717) is 35.2 Å². The summed E-state index contributed by atoms with van der Waals surface area (Å²) in [5.74, 6) is 2.08. The monoisotopic (exact) mass is 408 g/mol. The Hall–Kier alpha value is -1.97. The molecule has 0 amide bonds. The van der Waals surface area contributed by atoms with Gasteiger partial charge in [0.15, 0.2) is 0 Å². The lowest BCUT2D eigenvalue weighted by molar-refractivity contribution is -0.129. The molecule has 1 N–H and O–H groups in total. The van der Waals surface area contributed by atoms with Crippen LogP contribution >= 0.6 is 0 Å². The molecule has 0 radical (unpaired) electrons. The molecule has 5 rings (SSSR count). The van der Waals surface area contributed by atoms with Gasteiger partial charge in [0.2, 0.25) is 0 Å². The van der Waals surface area contributed by atoms with Crippen LogP contribution in [-0.4, -0.2) is 23.6 Å². The van der Waals surface area contributed by atoms with Gasteiger partial charge in [-0.25, -0.2) is 4.79 Å². The Morgan fingerprint density at radius 1 is 0.900 bits per heavy atom. The van der Waals surface area contributed by atoms with Crippen molar-refractivity contribution in [3.8, 4) is 0 Å². The summed E-state index contributed by atoms with van der Waals surface area (Å²) in [7, 11) is 0. The second kappa shape index (κ2) is 7.32. The van der Waals surface area contributed by atoms with Gasteiger partial charge in [-0.3, -0.25) is 0 Å². The largest absolute Gasteiger partial charge is 0.478 e. The highest BCUT2D eigenvalue weighted by Gasteiger charge is 2.57. The molecule has 160 valence electrons. The van der Waals surface area contributed by atoms with Crippen LogP contribution in [0.5, 0.6) is 0 Å². The molecule has 0 saturated heterocycles. The molecular weight excluding hydrogens is 376 g/mol. The van der Waals surface area contributed by atoms with Crippen molar-refractivity contribution >= 4 is 18.5 Å². The molecule has 0 aromatic heterocycles. The number of hydrogen-bond donors (Lipinski definition) is 1. The lowest BCUT2D eigenvalue weighted by Crippen LogP contribution is -2.50. The molecular formula is C26H32O4. The summed E-state index contributed by atoms with van der Waals surface area (Å²) in [6, 6.07) is 7.08. The molecule has 0 bridgehead atoms. The molecule has 1 aromatic carbocycles. The Labute approximate surface area is 178 Å². The molecule has 4 saturated carbocycles. The van der Waals surface area contributed by atoms with Crippen molar-refractivity contribution in [2.75, 3.05) is 0 Å². The van der Waals surface area contributed by atoms with E-state index in [1.54, 1.807) is 12.1 Å². The summed E-state index contributed by atoms with van der Waals surface area (Å²) in [4.78, 5) is 36.2. The molecule has 30 heavy (non-hydrogen) atoms. The molecule has 4 nitrogen and oxygen atoms in total. The molecule has 7 atom stereocenters. The van der Waals surface area contributed by atoms with Crippen LogP contribution in [0.1, 0.15) is 80.1 Å². The van der Waals surface area contributed by atoms with E-state index < -0.39 is 11.4 Å². The van der Waals surface area contributed by atoms with Gasteiger partial charge in [0, 0.05) is 5.41 Å². The molecule has 1 aromatic rings. The van der Waals surface area contributed by atoms with Crippen LogP contribution in [0.15, 0.2) is 24.3 Å². The van der Waals surface area contributed by atoms with E-state index in [0.717, 1.165) is 51.2 Å². The van der Waals surface area contributed by atoms with Gasteiger partial charge in [-0.05, 0) is 99.0 Å². The van der Waals surface area contributed by atoms with E-state index in [9.17, 15) is 19.5 Å². The van der Waals surface area contributed by atoms with Gasteiger partial charge in [0.25, 0.3) is 0 Å². The lowest BCUT2D eigenvalue weighted by Gasteiger charge is -2.56. The Kier molecular flexibility index (Phi) is 4.87. The summed E-state index contributed by atoms with van der Waals surface area (Å²) in [6.45, 7) is 0. The van der Waals surface area contributed by atoms with E-state index >= 15 is 0 Å². The molecule has 4 aliphatic carbocycles. The van der Waals surface area contributed by atoms with Crippen LogP contribution in [0, 0.1) is 35.0 Å². The Morgan fingerprint density at radius 2 is 1.70 bits per heavy atom. The van der Waals surface area contributed by atoms with Gasteiger partial charge in [-0.15, -0.1) is 0 Å². The van der Waals surface area contributed by atoms with Crippen LogP contribution in [0.2, 0.25) is 0 Å². The fraction of sp³-hybridized carbons (Fsp3) is 0.654. The minimum Gasteiger partial charge on any atom is -0.478 e. The van der Waals surface area contributed by atoms with Crippen LogP contribution in [-0.2, 0) is 15.0 Å². The van der Waals surface area contributed by atoms with Gasteiger partial charge in [0.1, 0.15) is 12.6 Å². The van der Waals surface area contributed by atoms with E-state index in [2.05, 4.69) is 0 Å². The summed E-state index contributed by atoms with van der Waals surface area (Å²) in [6.07, 6.45) is 12.8. The topological polar surface area (TPSA) is 71.4 Å². The third-order valence-corrected chi connectivity index (χ3v) is 9.64. The average molecular weight is 409 g/mol. The van der Waals surface area contributed by atoms with Crippen molar-refractivity contribution in [3.05, 3.63) is 35.4 Å². The highest BCUT2D eigenvalue weighted by molar-refractivity contribution is 5.91. The normalized spacial score (nSPS) is 42.5. The van der Waals surface area contributed by atoms with Gasteiger partial charge < -0.3 is 14.7 Å². The third kappa shape index (κ3) is 2.82. The van der Waals surface area contributed by atoms with E-state index in [1.807, 2.05) is 12.1 Å². The molecule has 0 aliphatic heterocycles. The van der Waals surface area contributed by atoms with Crippen molar-refractivity contribution in [2.24, 2.45) is 35.0 Å². The zero-order valence-electron chi connectivity index (χ0n) is 17.6. The highest BCUT2D eigenvalue weighted by atomic mass is 16.4. The van der Waals surface area contributed by atoms with Gasteiger partial charge >= 0.3 is 5.97 Å². The minimum atomic E-state index is -0.948. The predicted molar refractivity (Wildman–Crippen MR) is 113 cm³/mol. The number of carbonyl (C=O) groups excluding carboxylic acids is 2. The van der Waals surface area contributed by atoms with Crippen molar-refractivity contribution in [3.63, 3.8) is 0 Å². The fourth-order valence-electron chi connectivity index (χ4n) is 8.36. The number of hydrogen-bond acceptors (Lipinski definition) is 3. The summed E-state index contributed by atoms with van der Waals surface area (Å²) in [5, 5.41) is 9.68. The predicted octanol–water partition coefficient (Wildman–Crippen LogP) is 5.04. The van der Waals surface area contributed by atoms with Gasteiger partial charge in [-0.1, -0.05) is 24.6 Å². The molecule has 2 unspecified atom stereocenters. The zero-order valence-corrected chi connectivity index (χ0v) is 17.6. The van der Waals surface area contributed by atoms with Crippen LogP contribution in [0.3, 0.4) is 0 Å². The fourth-order valence-corrected chi connectivity index (χ4v) is 8.36. The van der Waals surface area contributed by atoms with Gasteiger partial charge in [0.05, 0.1) is 11.0 Å². The number of aromatic carboxylic acids is 1. The standard InChI is InChI=1S/C26H32O4/c27-15-25-11-3-6-22(25)20-8-7-17-14-26(16-28,13-9-18(17)19(20)10-12-25)23-5-2-1-4-21(23)24(29)30/h1-2,4-5,15-20,22H,3,6-14H2,(H,29,30)/t17?,18-,19+,20+,22-,25-,26?/m0/s1. The number of aldehydes is 2. The highest BCUT2D eigenvalue weighted by Crippen LogP contribution is 2.63. The molecule has 0 spiro atoms. The molecule has 4 aliphatic rings. The lowest BCUT2D eigenvalue weighted by atomic mass is 9.48. The molecule has 4 fully saturated rings. The average Bonchev–Trinajstić information content (AvgIpc) is 3.23. The SMILES string of the molecule is O=CC1(c2ccccc2C(=O)O)CC[C@H]2C(CC[C@@H]3[C@@H]2CC[C@]2(C=O)CCC[C@@H]32)C1. The van der Waals surface area contributed by atoms with Crippen LogP contribution in [0.4, 0.5) is 0 Å². The first-order valence-electron chi connectivity index (χ1n) is 11.8. The minimum absolute atomic E-state index is 0.0460. The van der Waals surface area contributed by atoms with Gasteiger partial charge in [-0.2, -0.15) is 0 Å². The number of carboxylic acid groups (broad SMARTS) is 1. The Balaban J connectivity index is 1.41. The quantitative estimate of drug-likeness (QED) is 0.708. The van der Waals surface area contributed by atoms with Crippen LogP contribution in [0.25, 0.3) is 0 Å². The number of carboxylic acids is 1. The first-order valence-corrected chi connectivity index (χ1v) is 11.8. The zero-order chi connectivity index (χ0) is 20.9. The van der Waals surface area contributed by atoms with E-state index in [4.69, 9.17) is 0 Å².